The molecule has 0 aliphatic rings. The lowest BCUT2D eigenvalue weighted by Crippen LogP contribution is -2.16. The number of hydrogen-bond donors (Lipinski definition) is 1. The van der Waals surface area contributed by atoms with Crippen LogP contribution in [0.3, 0.4) is 0 Å². The van der Waals surface area contributed by atoms with Crippen molar-refractivity contribution in [2.24, 2.45) is 0 Å². The van der Waals surface area contributed by atoms with Crippen LogP contribution in [-0.2, 0) is 6.42 Å². The zero-order chi connectivity index (χ0) is 9.68. The Hall–Kier alpha value is -0.890. The van der Waals surface area contributed by atoms with Crippen LogP contribution in [0.4, 0.5) is 4.39 Å². The van der Waals surface area contributed by atoms with Crippen LogP contribution in [0.1, 0.15) is 18.1 Å². The third-order valence-electron chi connectivity index (χ3n) is 2.08. The molecule has 0 atom stereocenters. The molecule has 1 aromatic rings. The Morgan fingerprint density at radius 3 is 2.77 bits per heavy atom. The molecule has 0 aromatic heterocycles. The fourth-order valence-corrected chi connectivity index (χ4v) is 1.20. The van der Waals surface area contributed by atoms with Crippen LogP contribution in [-0.4, -0.2) is 13.1 Å². The molecule has 2 heteroatoms. The molecule has 1 N–H and O–H groups in total. The third kappa shape index (κ3) is 3.15. The maximum absolute atomic E-state index is 13.1. The lowest BCUT2D eigenvalue weighted by molar-refractivity contribution is 0.614. The van der Waals surface area contributed by atoms with Crippen molar-refractivity contribution in [2.45, 2.75) is 20.3 Å². The van der Waals surface area contributed by atoms with E-state index in [4.69, 9.17) is 0 Å². The zero-order valence-corrected chi connectivity index (χ0v) is 8.23. The molecule has 0 aliphatic heterocycles. The van der Waals surface area contributed by atoms with Gasteiger partial charge in [-0.15, -0.1) is 0 Å². The Balaban J connectivity index is 2.53. The predicted octanol–water partition coefficient (Wildman–Crippen LogP) is 2.29. The van der Waals surface area contributed by atoms with E-state index >= 15 is 0 Å². The normalized spacial score (nSPS) is 10.4. The third-order valence-corrected chi connectivity index (χ3v) is 2.08. The first-order chi connectivity index (χ1) is 6.24. The van der Waals surface area contributed by atoms with Crippen LogP contribution < -0.4 is 5.32 Å². The van der Waals surface area contributed by atoms with Crippen molar-refractivity contribution in [3.8, 4) is 0 Å². The summed E-state index contributed by atoms with van der Waals surface area (Å²) in [5, 5.41) is 3.21. The average Bonchev–Trinajstić information content (AvgIpc) is 2.12. The maximum atomic E-state index is 13.1. The standard InChI is InChI=1S/C11H16FN/c1-3-13-7-6-10-5-4-9(2)11(12)8-10/h4-5,8,13H,3,6-7H2,1-2H3. The number of nitrogens with one attached hydrogen (secondary N) is 1. The average molecular weight is 181 g/mol. The highest BCUT2D eigenvalue weighted by molar-refractivity contribution is 5.23. The second kappa shape index (κ2) is 4.97. The van der Waals surface area contributed by atoms with Gasteiger partial charge in [0, 0.05) is 0 Å². The zero-order valence-electron chi connectivity index (χ0n) is 8.23. The minimum absolute atomic E-state index is 0.103. The van der Waals surface area contributed by atoms with Gasteiger partial charge in [0.1, 0.15) is 5.82 Å². The highest BCUT2D eigenvalue weighted by Gasteiger charge is 1.98. The lowest BCUT2D eigenvalue weighted by Gasteiger charge is -2.03. The summed E-state index contributed by atoms with van der Waals surface area (Å²) in [7, 11) is 0. The SMILES string of the molecule is CCNCCc1ccc(C)c(F)c1. The van der Waals surface area contributed by atoms with E-state index in [-0.39, 0.29) is 5.82 Å². The summed E-state index contributed by atoms with van der Waals surface area (Å²) in [4.78, 5) is 0. The van der Waals surface area contributed by atoms with Crippen molar-refractivity contribution in [3.63, 3.8) is 0 Å². The first-order valence-electron chi connectivity index (χ1n) is 4.69. The van der Waals surface area contributed by atoms with Gasteiger partial charge in [0.05, 0.1) is 0 Å². The Labute approximate surface area is 79.0 Å². The summed E-state index contributed by atoms with van der Waals surface area (Å²) in [5.41, 5.74) is 1.77. The molecule has 0 fully saturated rings. The van der Waals surface area contributed by atoms with Gasteiger partial charge in [0.15, 0.2) is 0 Å². The molecule has 0 radical (unpaired) electrons. The summed E-state index contributed by atoms with van der Waals surface area (Å²) in [6, 6.07) is 5.43. The fourth-order valence-electron chi connectivity index (χ4n) is 1.20. The molecule has 72 valence electrons. The first-order valence-corrected chi connectivity index (χ1v) is 4.69. The Bertz CT molecular complexity index is 271. The largest absolute Gasteiger partial charge is 0.317 e. The van der Waals surface area contributed by atoms with Crippen molar-refractivity contribution in [1.82, 2.24) is 5.32 Å². The summed E-state index contributed by atoms with van der Waals surface area (Å²) in [6.45, 7) is 5.73. The monoisotopic (exact) mass is 181 g/mol. The van der Waals surface area contributed by atoms with E-state index in [0.717, 1.165) is 25.1 Å². The van der Waals surface area contributed by atoms with Gasteiger partial charge in [-0.05, 0) is 43.6 Å². The van der Waals surface area contributed by atoms with Gasteiger partial charge in [0.2, 0.25) is 0 Å². The predicted molar refractivity (Wildman–Crippen MR) is 53.4 cm³/mol. The molecule has 0 bridgehead atoms. The number of benzene rings is 1. The van der Waals surface area contributed by atoms with E-state index in [1.165, 1.54) is 0 Å². The molecule has 0 saturated heterocycles. The quantitative estimate of drug-likeness (QED) is 0.703. The molecule has 1 aromatic carbocycles. The van der Waals surface area contributed by atoms with Crippen LogP contribution in [0, 0.1) is 12.7 Å². The minimum atomic E-state index is -0.103. The molecule has 13 heavy (non-hydrogen) atoms. The summed E-state index contributed by atoms with van der Waals surface area (Å²) in [6.07, 6.45) is 0.894. The second-order valence-electron chi connectivity index (χ2n) is 3.19. The minimum Gasteiger partial charge on any atom is -0.317 e. The first kappa shape index (κ1) is 10.2. The molecule has 0 amide bonds. The Morgan fingerprint density at radius 1 is 1.38 bits per heavy atom. The van der Waals surface area contributed by atoms with E-state index in [1.807, 2.05) is 12.1 Å². The van der Waals surface area contributed by atoms with Crippen molar-refractivity contribution in [3.05, 3.63) is 35.1 Å². The van der Waals surface area contributed by atoms with E-state index in [9.17, 15) is 4.39 Å². The number of hydrogen-bond acceptors (Lipinski definition) is 1. The van der Waals surface area contributed by atoms with Crippen LogP contribution >= 0.6 is 0 Å². The molecular weight excluding hydrogens is 165 g/mol. The van der Waals surface area contributed by atoms with Gasteiger partial charge >= 0.3 is 0 Å². The van der Waals surface area contributed by atoms with Crippen LogP contribution in [0.15, 0.2) is 18.2 Å². The molecule has 0 unspecified atom stereocenters. The van der Waals surface area contributed by atoms with Crippen molar-refractivity contribution in [2.75, 3.05) is 13.1 Å². The summed E-state index contributed by atoms with van der Waals surface area (Å²) >= 11 is 0. The van der Waals surface area contributed by atoms with Gasteiger partial charge in [-0.2, -0.15) is 0 Å². The topological polar surface area (TPSA) is 12.0 Å². The Kier molecular flexibility index (Phi) is 3.90. The van der Waals surface area contributed by atoms with Crippen molar-refractivity contribution >= 4 is 0 Å². The second-order valence-corrected chi connectivity index (χ2v) is 3.19. The van der Waals surface area contributed by atoms with Gasteiger partial charge in [0.25, 0.3) is 0 Å². The number of halogens is 1. The highest BCUT2D eigenvalue weighted by atomic mass is 19.1. The number of aryl methyl sites for hydroxylation is 1. The molecule has 0 heterocycles. The molecule has 0 spiro atoms. The molecule has 1 nitrogen and oxygen atoms in total. The van der Waals surface area contributed by atoms with Crippen LogP contribution in [0.2, 0.25) is 0 Å². The summed E-state index contributed by atoms with van der Waals surface area (Å²) in [5.74, 6) is -0.103. The number of likely N-dealkylation sites (N-methyl/N-ethyl adjacent to an activating group) is 1. The van der Waals surface area contributed by atoms with E-state index in [1.54, 1.807) is 13.0 Å². The van der Waals surface area contributed by atoms with Crippen LogP contribution in [0.25, 0.3) is 0 Å². The molecule has 1 rings (SSSR count). The summed E-state index contributed by atoms with van der Waals surface area (Å²) < 4.78 is 13.1. The Morgan fingerprint density at radius 2 is 2.15 bits per heavy atom. The fraction of sp³-hybridized carbons (Fsp3) is 0.455. The van der Waals surface area contributed by atoms with Gasteiger partial charge in [-0.25, -0.2) is 4.39 Å². The molecule has 0 aliphatic carbocycles. The lowest BCUT2D eigenvalue weighted by atomic mass is 10.1. The van der Waals surface area contributed by atoms with Crippen LogP contribution in [0.5, 0.6) is 0 Å². The van der Waals surface area contributed by atoms with Crippen molar-refractivity contribution < 1.29 is 4.39 Å². The molecule has 0 saturated carbocycles. The number of rotatable bonds is 4. The van der Waals surface area contributed by atoms with Gasteiger partial charge in [-0.1, -0.05) is 19.1 Å². The van der Waals surface area contributed by atoms with Gasteiger partial charge < -0.3 is 5.32 Å². The van der Waals surface area contributed by atoms with E-state index in [2.05, 4.69) is 12.2 Å². The van der Waals surface area contributed by atoms with Gasteiger partial charge in [-0.3, -0.25) is 0 Å². The maximum Gasteiger partial charge on any atom is 0.126 e. The van der Waals surface area contributed by atoms with E-state index < -0.39 is 0 Å². The molecular formula is C11H16FN. The smallest absolute Gasteiger partial charge is 0.126 e. The van der Waals surface area contributed by atoms with E-state index in [0.29, 0.717) is 5.56 Å². The van der Waals surface area contributed by atoms with Crippen molar-refractivity contribution in [1.29, 1.82) is 0 Å². The highest BCUT2D eigenvalue weighted by Crippen LogP contribution is 2.09.